The van der Waals surface area contributed by atoms with Crippen molar-refractivity contribution in [2.75, 3.05) is 11.9 Å². The Balaban J connectivity index is 2.65. The van der Waals surface area contributed by atoms with Gasteiger partial charge in [-0.1, -0.05) is 20.8 Å². The summed E-state index contributed by atoms with van der Waals surface area (Å²) in [5.74, 6) is 1.67. The number of anilines is 1. The van der Waals surface area contributed by atoms with Gasteiger partial charge in [0.05, 0.1) is 6.10 Å². The zero-order valence-electron chi connectivity index (χ0n) is 12.1. The lowest BCUT2D eigenvalue weighted by Crippen LogP contribution is -2.27. The van der Waals surface area contributed by atoms with Gasteiger partial charge in [-0.15, -0.1) is 0 Å². The molecule has 0 fully saturated rings. The first kappa shape index (κ1) is 14.9. The average Bonchev–Trinajstić information content (AvgIpc) is 2.24. The highest BCUT2D eigenvalue weighted by Crippen LogP contribution is 2.22. The second-order valence-corrected chi connectivity index (χ2v) is 5.72. The van der Waals surface area contributed by atoms with Crippen LogP contribution < -0.4 is 5.32 Å². The molecule has 0 bridgehead atoms. The number of aliphatic hydroxyl groups excluding tert-OH is 1. The summed E-state index contributed by atoms with van der Waals surface area (Å²) < 4.78 is 0. The van der Waals surface area contributed by atoms with Gasteiger partial charge in [0.15, 0.2) is 0 Å². The molecule has 1 aromatic heterocycles. The van der Waals surface area contributed by atoms with E-state index in [1.165, 1.54) is 0 Å². The zero-order valence-corrected chi connectivity index (χ0v) is 12.1. The number of aryl methyl sites for hydroxylation is 2. The minimum Gasteiger partial charge on any atom is -0.393 e. The minimum atomic E-state index is -0.278. The second kappa shape index (κ2) is 6.14. The van der Waals surface area contributed by atoms with E-state index in [4.69, 9.17) is 0 Å². The summed E-state index contributed by atoms with van der Waals surface area (Å²) in [5.41, 5.74) is 1.10. The van der Waals surface area contributed by atoms with Crippen molar-refractivity contribution in [2.24, 2.45) is 5.41 Å². The Morgan fingerprint density at radius 3 is 2.61 bits per heavy atom. The van der Waals surface area contributed by atoms with E-state index in [2.05, 4.69) is 36.1 Å². The van der Waals surface area contributed by atoms with E-state index in [-0.39, 0.29) is 11.5 Å². The van der Waals surface area contributed by atoms with Crippen molar-refractivity contribution >= 4 is 5.82 Å². The predicted octanol–water partition coefficient (Wildman–Crippen LogP) is 2.56. The van der Waals surface area contributed by atoms with E-state index in [9.17, 15) is 5.11 Å². The van der Waals surface area contributed by atoms with Crippen molar-refractivity contribution in [1.82, 2.24) is 9.97 Å². The monoisotopic (exact) mass is 251 g/mol. The predicted molar refractivity (Wildman–Crippen MR) is 74.7 cm³/mol. The molecule has 0 aliphatic rings. The summed E-state index contributed by atoms with van der Waals surface area (Å²) in [5, 5.41) is 12.8. The Morgan fingerprint density at radius 2 is 2.06 bits per heavy atom. The molecule has 1 unspecified atom stereocenters. The number of aromatic nitrogens is 2. The molecular formula is C14H25N3O. The molecule has 0 aromatic carbocycles. The van der Waals surface area contributed by atoms with Crippen LogP contribution >= 0.6 is 0 Å². The molecule has 0 radical (unpaired) electrons. The summed E-state index contributed by atoms with van der Waals surface area (Å²) in [6.07, 6.45) is 1.40. The minimum absolute atomic E-state index is 0.0411. The molecule has 1 atom stereocenters. The highest BCUT2D eigenvalue weighted by molar-refractivity contribution is 5.36. The van der Waals surface area contributed by atoms with Crippen LogP contribution in [-0.4, -0.2) is 27.7 Å². The number of nitrogens with one attached hydrogen (secondary N) is 1. The third-order valence-electron chi connectivity index (χ3n) is 2.85. The van der Waals surface area contributed by atoms with Crippen LogP contribution in [0.5, 0.6) is 0 Å². The van der Waals surface area contributed by atoms with Gasteiger partial charge in [0.2, 0.25) is 0 Å². The molecule has 102 valence electrons. The summed E-state index contributed by atoms with van der Waals surface area (Å²) in [4.78, 5) is 8.73. The van der Waals surface area contributed by atoms with E-state index in [0.717, 1.165) is 36.7 Å². The van der Waals surface area contributed by atoms with Crippen LogP contribution in [-0.2, 0) is 6.42 Å². The Morgan fingerprint density at radius 1 is 1.39 bits per heavy atom. The van der Waals surface area contributed by atoms with Crippen LogP contribution in [0.4, 0.5) is 5.82 Å². The van der Waals surface area contributed by atoms with Crippen molar-refractivity contribution in [3.05, 3.63) is 17.6 Å². The molecule has 1 aromatic rings. The highest BCUT2D eigenvalue weighted by Gasteiger charge is 2.20. The Bertz CT molecular complexity index is 389. The molecule has 0 aliphatic carbocycles. The molecule has 1 rings (SSSR count). The van der Waals surface area contributed by atoms with Gasteiger partial charge >= 0.3 is 0 Å². The Kier molecular flexibility index (Phi) is 5.08. The van der Waals surface area contributed by atoms with Gasteiger partial charge < -0.3 is 10.4 Å². The summed E-state index contributed by atoms with van der Waals surface area (Å²) >= 11 is 0. The van der Waals surface area contributed by atoms with Crippen LogP contribution in [0, 0.1) is 12.3 Å². The SMILES string of the molecule is CCc1cc(NCC(C)(C)CC(C)O)nc(C)n1. The fourth-order valence-corrected chi connectivity index (χ4v) is 2.10. The second-order valence-electron chi connectivity index (χ2n) is 5.72. The Labute approximate surface area is 110 Å². The average molecular weight is 251 g/mol. The summed E-state index contributed by atoms with van der Waals surface area (Å²) in [7, 11) is 0. The molecule has 0 spiro atoms. The van der Waals surface area contributed by atoms with Gasteiger partial charge in [0.25, 0.3) is 0 Å². The topological polar surface area (TPSA) is 58.0 Å². The van der Waals surface area contributed by atoms with Crippen molar-refractivity contribution in [2.45, 2.75) is 53.6 Å². The van der Waals surface area contributed by atoms with Gasteiger partial charge in [-0.3, -0.25) is 0 Å². The maximum absolute atomic E-state index is 9.46. The number of nitrogens with zero attached hydrogens (tertiary/aromatic N) is 2. The van der Waals surface area contributed by atoms with Crippen molar-refractivity contribution < 1.29 is 5.11 Å². The maximum atomic E-state index is 9.46. The molecule has 0 aliphatic heterocycles. The van der Waals surface area contributed by atoms with E-state index in [1.807, 2.05) is 19.9 Å². The zero-order chi connectivity index (χ0) is 13.8. The van der Waals surface area contributed by atoms with Crippen LogP contribution in [0.15, 0.2) is 6.07 Å². The molecule has 2 N–H and O–H groups in total. The standard InChI is InChI=1S/C14H25N3O/c1-6-12-7-13(17-11(3)16-12)15-9-14(4,5)8-10(2)18/h7,10,18H,6,8-9H2,1-5H3,(H,15,16,17). The fourth-order valence-electron chi connectivity index (χ4n) is 2.10. The van der Waals surface area contributed by atoms with Crippen molar-refractivity contribution in [1.29, 1.82) is 0 Å². The summed E-state index contributed by atoms with van der Waals surface area (Å²) in [6.45, 7) is 10.9. The normalized spacial score (nSPS) is 13.4. The lowest BCUT2D eigenvalue weighted by atomic mass is 9.87. The van der Waals surface area contributed by atoms with E-state index in [0.29, 0.717) is 0 Å². The van der Waals surface area contributed by atoms with Gasteiger partial charge in [-0.2, -0.15) is 0 Å². The third-order valence-corrected chi connectivity index (χ3v) is 2.85. The molecule has 0 amide bonds. The highest BCUT2D eigenvalue weighted by atomic mass is 16.3. The molecule has 4 heteroatoms. The largest absolute Gasteiger partial charge is 0.393 e. The van der Waals surface area contributed by atoms with Gasteiger partial charge in [-0.05, 0) is 32.1 Å². The molecule has 4 nitrogen and oxygen atoms in total. The van der Waals surface area contributed by atoms with E-state index in [1.54, 1.807) is 0 Å². The Hall–Kier alpha value is -1.16. The first-order chi connectivity index (χ1) is 8.32. The number of aliphatic hydroxyl groups is 1. The van der Waals surface area contributed by atoms with E-state index < -0.39 is 0 Å². The maximum Gasteiger partial charge on any atom is 0.129 e. The summed E-state index contributed by atoms with van der Waals surface area (Å²) in [6, 6.07) is 1.99. The molecule has 1 heterocycles. The lowest BCUT2D eigenvalue weighted by Gasteiger charge is -2.26. The van der Waals surface area contributed by atoms with Gasteiger partial charge in [0.1, 0.15) is 11.6 Å². The molecule has 0 saturated carbocycles. The molecule has 18 heavy (non-hydrogen) atoms. The van der Waals surface area contributed by atoms with Gasteiger partial charge in [-0.25, -0.2) is 9.97 Å². The van der Waals surface area contributed by atoms with Gasteiger partial charge in [0, 0.05) is 18.3 Å². The van der Waals surface area contributed by atoms with Crippen LogP contribution in [0.1, 0.15) is 45.6 Å². The smallest absolute Gasteiger partial charge is 0.129 e. The number of hydrogen-bond donors (Lipinski definition) is 2. The third kappa shape index (κ3) is 5.00. The molecule has 0 saturated heterocycles. The van der Waals surface area contributed by atoms with Crippen molar-refractivity contribution in [3.8, 4) is 0 Å². The quantitative estimate of drug-likeness (QED) is 0.816. The number of hydrogen-bond acceptors (Lipinski definition) is 4. The van der Waals surface area contributed by atoms with Crippen LogP contribution in [0.2, 0.25) is 0 Å². The lowest BCUT2D eigenvalue weighted by molar-refractivity contribution is 0.135. The van der Waals surface area contributed by atoms with Crippen LogP contribution in [0.3, 0.4) is 0 Å². The van der Waals surface area contributed by atoms with E-state index >= 15 is 0 Å². The van der Waals surface area contributed by atoms with Crippen LogP contribution in [0.25, 0.3) is 0 Å². The molecular weight excluding hydrogens is 226 g/mol. The number of rotatable bonds is 6. The van der Waals surface area contributed by atoms with Crippen molar-refractivity contribution in [3.63, 3.8) is 0 Å². The fraction of sp³-hybridized carbons (Fsp3) is 0.714. The first-order valence-electron chi connectivity index (χ1n) is 6.59. The first-order valence-corrected chi connectivity index (χ1v) is 6.59.